The van der Waals surface area contributed by atoms with Gasteiger partial charge >= 0.3 is 0 Å². The second-order valence-corrected chi connectivity index (χ2v) is 6.38. The average molecular weight is 375 g/mol. The number of benzene rings is 2. The fraction of sp³-hybridized carbons (Fsp3) is 0.182. The molecule has 0 bridgehead atoms. The van der Waals surface area contributed by atoms with E-state index >= 15 is 0 Å². The van der Waals surface area contributed by atoms with E-state index in [1.165, 1.54) is 0 Å². The van der Waals surface area contributed by atoms with Crippen LogP contribution in [0.2, 0.25) is 0 Å². The number of para-hydroxylation sites is 2. The zero-order chi connectivity index (χ0) is 19.3. The van der Waals surface area contributed by atoms with Crippen molar-refractivity contribution < 1.29 is 14.3 Å². The van der Waals surface area contributed by atoms with Crippen molar-refractivity contribution >= 4 is 17.7 Å². The van der Waals surface area contributed by atoms with Crippen LogP contribution in [0, 0.1) is 0 Å². The smallest absolute Gasteiger partial charge is 0.255 e. The van der Waals surface area contributed by atoms with Gasteiger partial charge in [-0.2, -0.15) is 5.10 Å². The summed E-state index contributed by atoms with van der Waals surface area (Å²) in [5.74, 6) is 1.20. The molecule has 2 aromatic carbocycles. The van der Waals surface area contributed by atoms with E-state index in [1.807, 2.05) is 72.4 Å². The Morgan fingerprint density at radius 2 is 2.11 bits per heavy atom. The molecule has 1 aliphatic rings. The van der Waals surface area contributed by atoms with Gasteiger partial charge in [-0.15, -0.1) is 0 Å². The Kier molecular flexibility index (Phi) is 5.10. The van der Waals surface area contributed by atoms with E-state index in [4.69, 9.17) is 9.47 Å². The number of rotatable bonds is 6. The van der Waals surface area contributed by atoms with Crippen LogP contribution in [0.1, 0.15) is 18.1 Å². The normalized spacial score (nSPS) is 12.5. The van der Waals surface area contributed by atoms with Crippen molar-refractivity contribution in [3.05, 3.63) is 77.6 Å². The van der Waals surface area contributed by atoms with Gasteiger partial charge in [0.1, 0.15) is 6.61 Å². The van der Waals surface area contributed by atoms with Gasteiger partial charge in [0, 0.05) is 23.6 Å². The van der Waals surface area contributed by atoms with Gasteiger partial charge in [-0.05, 0) is 36.8 Å². The number of nitrogens with one attached hydrogen (secondary N) is 1. The van der Waals surface area contributed by atoms with E-state index in [2.05, 4.69) is 10.4 Å². The first kappa shape index (κ1) is 17.9. The number of fused-ring (bicyclic) bond motifs is 1. The number of carbonyl (C=O) groups excluding carboxylic acids is 1. The summed E-state index contributed by atoms with van der Waals surface area (Å²) in [6.07, 6.45) is 5.48. The van der Waals surface area contributed by atoms with Gasteiger partial charge in [0.25, 0.3) is 5.91 Å². The molecule has 28 heavy (non-hydrogen) atoms. The topological polar surface area (TPSA) is 65.4 Å². The summed E-state index contributed by atoms with van der Waals surface area (Å²) >= 11 is 0. The lowest BCUT2D eigenvalue weighted by molar-refractivity contribution is -0.113. The molecule has 0 fully saturated rings. The zero-order valence-electron chi connectivity index (χ0n) is 15.6. The highest BCUT2D eigenvalue weighted by Gasteiger charge is 2.21. The Morgan fingerprint density at radius 1 is 1.21 bits per heavy atom. The Labute approximate surface area is 163 Å². The third-order valence-corrected chi connectivity index (χ3v) is 4.46. The highest BCUT2D eigenvalue weighted by molar-refractivity contribution is 6.08. The lowest BCUT2D eigenvalue weighted by Crippen LogP contribution is -2.22. The molecule has 0 saturated heterocycles. The molecule has 0 aliphatic carbocycles. The molecular weight excluding hydrogens is 354 g/mol. The summed E-state index contributed by atoms with van der Waals surface area (Å²) in [4.78, 5) is 12.8. The maximum Gasteiger partial charge on any atom is 0.255 e. The van der Waals surface area contributed by atoms with Crippen LogP contribution in [0.15, 0.2) is 66.5 Å². The number of nitrogens with zero attached hydrogens (tertiary/aromatic N) is 2. The van der Waals surface area contributed by atoms with Crippen LogP contribution < -0.4 is 14.8 Å². The Hall–Kier alpha value is -3.54. The molecule has 1 aromatic heterocycles. The molecule has 0 unspecified atom stereocenters. The average Bonchev–Trinajstić information content (AvgIpc) is 3.22. The SMILES string of the molecule is CCOc1cccc2c1OCC(C(=O)Nc1ccccc1Cn1cccn1)=C2. The molecule has 0 radical (unpaired) electrons. The molecule has 0 atom stereocenters. The number of hydrogen-bond acceptors (Lipinski definition) is 4. The van der Waals surface area contributed by atoms with Crippen LogP contribution in [-0.2, 0) is 11.3 Å². The maximum atomic E-state index is 12.8. The minimum Gasteiger partial charge on any atom is -0.490 e. The maximum absolute atomic E-state index is 12.8. The molecule has 3 aromatic rings. The molecule has 1 N–H and O–H groups in total. The summed E-state index contributed by atoms with van der Waals surface area (Å²) in [6.45, 7) is 3.27. The quantitative estimate of drug-likeness (QED) is 0.713. The van der Waals surface area contributed by atoms with Crippen molar-refractivity contribution in [2.75, 3.05) is 18.5 Å². The van der Waals surface area contributed by atoms with Crippen LogP contribution in [0.4, 0.5) is 5.69 Å². The number of anilines is 1. The zero-order valence-corrected chi connectivity index (χ0v) is 15.6. The van der Waals surface area contributed by atoms with Gasteiger partial charge in [0.2, 0.25) is 0 Å². The van der Waals surface area contributed by atoms with E-state index in [-0.39, 0.29) is 12.5 Å². The summed E-state index contributed by atoms with van der Waals surface area (Å²) in [5.41, 5.74) is 3.15. The van der Waals surface area contributed by atoms with E-state index < -0.39 is 0 Å². The number of carbonyl (C=O) groups is 1. The fourth-order valence-electron chi connectivity index (χ4n) is 3.13. The monoisotopic (exact) mass is 375 g/mol. The first-order valence-corrected chi connectivity index (χ1v) is 9.20. The minimum absolute atomic E-state index is 0.180. The second-order valence-electron chi connectivity index (χ2n) is 6.38. The highest BCUT2D eigenvalue weighted by Crippen LogP contribution is 2.36. The highest BCUT2D eigenvalue weighted by atomic mass is 16.5. The number of aromatic nitrogens is 2. The molecule has 1 amide bonds. The van der Waals surface area contributed by atoms with E-state index in [1.54, 1.807) is 6.20 Å². The molecule has 6 heteroatoms. The summed E-state index contributed by atoms with van der Waals surface area (Å²) in [7, 11) is 0. The van der Waals surface area contributed by atoms with Gasteiger partial charge in [-0.25, -0.2) is 0 Å². The molecule has 142 valence electrons. The predicted octanol–water partition coefficient (Wildman–Crippen LogP) is 3.74. The largest absolute Gasteiger partial charge is 0.490 e. The molecule has 2 heterocycles. The van der Waals surface area contributed by atoms with Crippen LogP contribution in [0.25, 0.3) is 6.08 Å². The van der Waals surface area contributed by atoms with Crippen molar-refractivity contribution in [1.82, 2.24) is 9.78 Å². The number of ether oxygens (including phenoxy) is 2. The van der Waals surface area contributed by atoms with Crippen LogP contribution >= 0.6 is 0 Å². The summed E-state index contributed by atoms with van der Waals surface area (Å²) in [5, 5.41) is 7.23. The Balaban J connectivity index is 1.54. The van der Waals surface area contributed by atoms with Gasteiger partial charge in [-0.3, -0.25) is 9.48 Å². The van der Waals surface area contributed by atoms with Crippen molar-refractivity contribution in [2.24, 2.45) is 0 Å². The predicted molar refractivity (Wildman–Crippen MR) is 107 cm³/mol. The third kappa shape index (κ3) is 3.76. The van der Waals surface area contributed by atoms with Crippen molar-refractivity contribution in [3.63, 3.8) is 0 Å². The van der Waals surface area contributed by atoms with Gasteiger partial charge < -0.3 is 14.8 Å². The molecule has 4 rings (SSSR count). The van der Waals surface area contributed by atoms with Crippen molar-refractivity contribution in [3.8, 4) is 11.5 Å². The summed E-state index contributed by atoms with van der Waals surface area (Å²) in [6, 6.07) is 15.3. The molecule has 0 saturated carbocycles. The molecular formula is C22H21N3O3. The molecule has 6 nitrogen and oxygen atoms in total. The van der Waals surface area contributed by atoms with E-state index in [9.17, 15) is 4.79 Å². The molecule has 0 spiro atoms. The van der Waals surface area contributed by atoms with Gasteiger partial charge in [0.05, 0.1) is 18.7 Å². The van der Waals surface area contributed by atoms with Crippen molar-refractivity contribution in [1.29, 1.82) is 0 Å². The Bertz CT molecular complexity index is 1010. The van der Waals surface area contributed by atoms with Crippen LogP contribution in [0.3, 0.4) is 0 Å². The Morgan fingerprint density at radius 3 is 2.93 bits per heavy atom. The standard InChI is InChI=1S/C22H21N3O3/c1-2-27-20-10-5-8-16-13-18(15-28-21(16)20)22(26)24-19-9-4-3-7-17(19)14-25-12-6-11-23-25/h3-13H,2,14-15H2,1H3,(H,24,26). The summed E-state index contributed by atoms with van der Waals surface area (Å²) < 4.78 is 13.2. The number of hydrogen-bond donors (Lipinski definition) is 1. The lowest BCUT2D eigenvalue weighted by atomic mass is 10.1. The van der Waals surface area contributed by atoms with Crippen LogP contribution in [-0.4, -0.2) is 28.9 Å². The lowest BCUT2D eigenvalue weighted by Gasteiger charge is -2.20. The number of amides is 1. The third-order valence-electron chi connectivity index (χ3n) is 4.46. The van der Waals surface area contributed by atoms with E-state index in [0.29, 0.717) is 30.2 Å². The van der Waals surface area contributed by atoms with Gasteiger partial charge in [0.15, 0.2) is 11.5 Å². The van der Waals surface area contributed by atoms with Gasteiger partial charge in [-0.1, -0.05) is 30.3 Å². The first-order valence-electron chi connectivity index (χ1n) is 9.20. The minimum atomic E-state index is -0.180. The fourth-order valence-corrected chi connectivity index (χ4v) is 3.13. The van der Waals surface area contributed by atoms with E-state index in [0.717, 1.165) is 16.8 Å². The second kappa shape index (κ2) is 8.00. The van der Waals surface area contributed by atoms with Crippen molar-refractivity contribution in [2.45, 2.75) is 13.5 Å². The first-order chi connectivity index (χ1) is 13.7. The molecule has 1 aliphatic heterocycles. The van der Waals surface area contributed by atoms with Crippen LogP contribution in [0.5, 0.6) is 11.5 Å².